The Morgan fingerprint density at radius 3 is 1.98 bits per heavy atom. The smallest absolute Gasteiger partial charge is 0.248 e. The fraction of sp³-hybridized carbons (Fsp3) is 0.297. The van der Waals surface area contributed by atoms with E-state index in [9.17, 15) is 28.3 Å². The van der Waals surface area contributed by atoms with E-state index in [-0.39, 0.29) is 24.5 Å². The molecule has 0 saturated carbocycles. The summed E-state index contributed by atoms with van der Waals surface area (Å²) in [6.45, 7) is -0.725. The van der Waals surface area contributed by atoms with Crippen LogP contribution in [0.3, 0.4) is 0 Å². The topological polar surface area (TPSA) is 145 Å². The Balaban J connectivity index is 1.55. The van der Waals surface area contributed by atoms with Gasteiger partial charge in [0.2, 0.25) is 21.8 Å². The Morgan fingerprint density at radius 1 is 0.792 bits per heavy atom. The summed E-state index contributed by atoms with van der Waals surface area (Å²) in [6, 6.07) is 32.7. The molecule has 11 heteroatoms. The average Bonchev–Trinajstić information content (AvgIpc) is 3.12. The number of aliphatic hydroxyl groups is 1. The van der Waals surface area contributed by atoms with Gasteiger partial charge in [-0.05, 0) is 72.2 Å². The number of rotatable bonds is 17. The molecule has 0 fully saturated rings. The van der Waals surface area contributed by atoms with Crippen LogP contribution in [0.15, 0.2) is 114 Å². The molecule has 254 valence electrons. The Morgan fingerprint density at radius 2 is 1.40 bits per heavy atom. The van der Waals surface area contributed by atoms with Crippen molar-refractivity contribution in [2.75, 3.05) is 27.3 Å². The first-order valence-corrected chi connectivity index (χ1v) is 17.2. The van der Waals surface area contributed by atoms with E-state index < -0.39 is 39.7 Å². The minimum atomic E-state index is -4.07. The molecule has 0 spiro atoms. The average molecular weight is 674 g/mol. The van der Waals surface area contributed by atoms with Crippen LogP contribution in [-0.2, 0) is 32.5 Å². The summed E-state index contributed by atoms with van der Waals surface area (Å²) in [5.74, 6) is -3.20. The van der Waals surface area contributed by atoms with Crippen LogP contribution < -0.4 is 15.5 Å². The third-order valence-electron chi connectivity index (χ3n) is 8.42. The first kappa shape index (κ1) is 36.3. The van der Waals surface area contributed by atoms with Gasteiger partial charge in [-0.25, -0.2) is 18.2 Å². The predicted molar refractivity (Wildman–Crippen MR) is 184 cm³/mol. The molecule has 0 saturated heterocycles. The van der Waals surface area contributed by atoms with Crippen molar-refractivity contribution >= 4 is 21.8 Å². The maximum absolute atomic E-state index is 13.9. The van der Waals surface area contributed by atoms with Crippen LogP contribution >= 0.6 is 0 Å². The fourth-order valence-electron chi connectivity index (χ4n) is 5.68. The summed E-state index contributed by atoms with van der Waals surface area (Å²) in [5.41, 5.74) is 5.76. The molecule has 0 aromatic heterocycles. The number of sulfonamides is 1. The number of nitrogens with one attached hydrogen (secondary N) is 2. The van der Waals surface area contributed by atoms with Crippen LogP contribution in [0.4, 0.5) is 0 Å². The second-order valence-electron chi connectivity index (χ2n) is 11.7. The van der Waals surface area contributed by atoms with E-state index in [0.29, 0.717) is 25.0 Å². The van der Waals surface area contributed by atoms with Gasteiger partial charge in [0, 0.05) is 13.6 Å². The molecule has 4 aromatic rings. The van der Waals surface area contributed by atoms with Crippen LogP contribution in [-0.4, -0.2) is 68.2 Å². The molecule has 0 aliphatic carbocycles. The lowest BCUT2D eigenvalue weighted by atomic mass is 9.85. The van der Waals surface area contributed by atoms with Gasteiger partial charge < -0.3 is 15.2 Å². The molecule has 3 atom stereocenters. The summed E-state index contributed by atoms with van der Waals surface area (Å²) >= 11 is 0. The molecular weight excluding hydrogens is 630 g/mol. The number of methoxy groups -OCH3 is 1. The van der Waals surface area contributed by atoms with Crippen molar-refractivity contribution in [1.29, 1.82) is 0 Å². The molecule has 10 nitrogen and oxygen atoms in total. The molecule has 48 heavy (non-hydrogen) atoms. The van der Waals surface area contributed by atoms with Crippen molar-refractivity contribution in [2.24, 2.45) is 11.8 Å². The van der Waals surface area contributed by atoms with E-state index in [4.69, 9.17) is 4.74 Å². The second kappa shape index (κ2) is 17.6. The Kier molecular flexibility index (Phi) is 13.3. The standard InChI is InChI=1S/C37H43N3O7S/c1-40(48(45,46)33-22-20-32(47-2)21-23-33)25-35(37(43)39-44)34(36(42)38-31(26-41)24-28-10-5-3-6-11-28)15-9-12-27-16-18-30(19-17-27)29-13-7-4-8-14-29/h3-8,10-11,13-14,16-23,31,34-35,41,44H,9,12,15,24-26H2,1-2H3,(H,38,42)(H,39,43)/t31-,34+,35-/m0/s1. The van der Waals surface area contributed by atoms with Gasteiger partial charge in [0.1, 0.15) is 5.75 Å². The van der Waals surface area contributed by atoms with Gasteiger partial charge >= 0.3 is 0 Å². The van der Waals surface area contributed by atoms with Crippen LogP contribution in [0, 0.1) is 11.8 Å². The van der Waals surface area contributed by atoms with Crippen molar-refractivity contribution in [3.63, 3.8) is 0 Å². The van der Waals surface area contributed by atoms with Gasteiger partial charge in [-0.2, -0.15) is 0 Å². The largest absolute Gasteiger partial charge is 0.497 e. The number of carbonyl (C=O) groups excluding carboxylic acids is 2. The van der Waals surface area contributed by atoms with Gasteiger partial charge in [0.05, 0.1) is 36.5 Å². The molecule has 4 aromatic carbocycles. The minimum absolute atomic E-state index is 0.0166. The highest BCUT2D eigenvalue weighted by molar-refractivity contribution is 7.89. The Bertz CT molecular complexity index is 1700. The van der Waals surface area contributed by atoms with E-state index in [1.165, 1.54) is 38.4 Å². The van der Waals surface area contributed by atoms with Gasteiger partial charge in [-0.1, -0.05) is 84.9 Å². The Labute approximate surface area is 282 Å². The number of hydrogen-bond donors (Lipinski definition) is 4. The highest BCUT2D eigenvalue weighted by atomic mass is 32.2. The van der Waals surface area contributed by atoms with Crippen LogP contribution in [0.25, 0.3) is 11.1 Å². The lowest BCUT2D eigenvalue weighted by Gasteiger charge is -2.30. The first-order chi connectivity index (χ1) is 23.2. The van der Waals surface area contributed by atoms with Crippen molar-refractivity contribution < 1.29 is 33.1 Å². The van der Waals surface area contributed by atoms with Gasteiger partial charge in [-0.15, -0.1) is 0 Å². The zero-order valence-corrected chi connectivity index (χ0v) is 28.0. The van der Waals surface area contributed by atoms with E-state index in [0.717, 1.165) is 26.6 Å². The van der Waals surface area contributed by atoms with Crippen molar-refractivity contribution in [3.05, 3.63) is 120 Å². The molecule has 0 heterocycles. The van der Waals surface area contributed by atoms with E-state index in [1.807, 2.05) is 84.9 Å². The van der Waals surface area contributed by atoms with Crippen molar-refractivity contribution in [1.82, 2.24) is 15.1 Å². The third-order valence-corrected chi connectivity index (χ3v) is 10.3. The van der Waals surface area contributed by atoms with Crippen LogP contribution in [0.5, 0.6) is 5.75 Å². The quantitative estimate of drug-likeness (QED) is 0.0957. The lowest BCUT2D eigenvalue weighted by molar-refractivity contribution is -0.141. The predicted octanol–water partition coefficient (Wildman–Crippen LogP) is 4.46. The molecule has 4 N–H and O–H groups in total. The summed E-state index contributed by atoms with van der Waals surface area (Å²) in [4.78, 5) is 27.1. The third kappa shape index (κ3) is 9.74. The summed E-state index contributed by atoms with van der Waals surface area (Å²) in [6.07, 6.45) is 1.66. The van der Waals surface area contributed by atoms with E-state index in [1.54, 1.807) is 5.48 Å². The molecule has 0 radical (unpaired) electrons. The van der Waals surface area contributed by atoms with Crippen LogP contribution in [0.2, 0.25) is 0 Å². The first-order valence-electron chi connectivity index (χ1n) is 15.8. The minimum Gasteiger partial charge on any atom is -0.497 e. The number of ether oxygens (including phenoxy) is 1. The number of hydroxylamine groups is 1. The lowest BCUT2D eigenvalue weighted by Crippen LogP contribution is -2.50. The number of nitrogens with zero attached hydrogens (tertiary/aromatic N) is 1. The summed E-state index contributed by atoms with van der Waals surface area (Å²) in [5, 5.41) is 22.7. The highest BCUT2D eigenvalue weighted by Crippen LogP contribution is 2.26. The highest BCUT2D eigenvalue weighted by Gasteiger charge is 2.37. The second-order valence-corrected chi connectivity index (χ2v) is 13.7. The van der Waals surface area contributed by atoms with Crippen LogP contribution in [0.1, 0.15) is 24.0 Å². The molecular formula is C37H43N3O7S. The van der Waals surface area contributed by atoms with Gasteiger partial charge in [0.25, 0.3) is 0 Å². The number of aliphatic hydroxyl groups excluding tert-OH is 1. The summed E-state index contributed by atoms with van der Waals surface area (Å²) < 4.78 is 33.1. The number of carbonyl (C=O) groups is 2. The number of aryl methyl sites for hydroxylation is 1. The van der Waals surface area contributed by atoms with E-state index >= 15 is 0 Å². The molecule has 4 rings (SSSR count). The number of hydrogen-bond acceptors (Lipinski definition) is 7. The molecule has 0 unspecified atom stereocenters. The van der Waals surface area contributed by atoms with Crippen molar-refractivity contribution in [2.45, 2.75) is 36.6 Å². The van der Waals surface area contributed by atoms with Gasteiger partial charge in [-0.3, -0.25) is 14.8 Å². The zero-order valence-electron chi connectivity index (χ0n) is 27.2. The monoisotopic (exact) mass is 673 g/mol. The molecule has 0 aliphatic heterocycles. The normalized spacial score (nSPS) is 13.4. The fourth-order valence-corrected chi connectivity index (χ4v) is 6.88. The maximum Gasteiger partial charge on any atom is 0.248 e. The number of benzene rings is 4. The summed E-state index contributed by atoms with van der Waals surface area (Å²) in [7, 11) is -1.28. The van der Waals surface area contributed by atoms with Crippen molar-refractivity contribution in [3.8, 4) is 16.9 Å². The van der Waals surface area contributed by atoms with Gasteiger partial charge in [0.15, 0.2) is 0 Å². The maximum atomic E-state index is 13.9. The zero-order chi connectivity index (χ0) is 34.5. The number of amides is 2. The molecule has 0 aliphatic rings. The molecule has 2 amide bonds. The molecule has 0 bridgehead atoms. The SMILES string of the molecule is COc1ccc(S(=O)(=O)N(C)C[C@H](C(=O)NO)[C@@H](CCCc2ccc(-c3ccccc3)cc2)C(=O)N[C@H](CO)Cc2ccccc2)cc1. The Hall–Kier alpha value is -4.55. The van der Waals surface area contributed by atoms with E-state index in [2.05, 4.69) is 5.32 Å².